The van der Waals surface area contributed by atoms with Gasteiger partial charge in [-0.3, -0.25) is 14.6 Å². The van der Waals surface area contributed by atoms with Crippen LogP contribution in [0.25, 0.3) is 0 Å². The Labute approximate surface area is 194 Å². The second-order valence-electron chi connectivity index (χ2n) is 8.25. The minimum Gasteiger partial charge on any atom is -0.490 e. The number of amides is 2. The molecule has 2 saturated heterocycles. The quantitative estimate of drug-likeness (QED) is 0.641. The predicted octanol–water partition coefficient (Wildman–Crippen LogP) is 2.77. The number of benzene rings is 1. The van der Waals surface area contributed by atoms with Gasteiger partial charge in [0.1, 0.15) is 6.61 Å². The summed E-state index contributed by atoms with van der Waals surface area (Å²) in [5, 5.41) is 0. The summed E-state index contributed by atoms with van der Waals surface area (Å²) < 4.78 is 17.0. The average molecular weight is 454 g/mol. The zero-order valence-electron chi connectivity index (χ0n) is 19.1. The lowest BCUT2D eigenvalue weighted by Crippen LogP contribution is -2.47. The molecule has 0 radical (unpaired) electrons. The van der Waals surface area contributed by atoms with E-state index >= 15 is 0 Å². The molecule has 3 heterocycles. The Morgan fingerprint density at radius 2 is 1.82 bits per heavy atom. The first-order valence-electron chi connectivity index (χ1n) is 11.6. The molecule has 0 unspecified atom stereocenters. The fraction of sp³-hybridized carbons (Fsp3) is 0.480. The van der Waals surface area contributed by atoms with Gasteiger partial charge in [0.25, 0.3) is 5.91 Å². The maximum atomic E-state index is 13.1. The number of likely N-dealkylation sites (tertiary alicyclic amines) is 1. The van der Waals surface area contributed by atoms with Crippen molar-refractivity contribution in [3.05, 3.63) is 53.9 Å². The van der Waals surface area contributed by atoms with E-state index in [0.717, 1.165) is 5.56 Å². The Morgan fingerprint density at radius 3 is 2.52 bits per heavy atom. The molecule has 8 nitrogen and oxygen atoms in total. The van der Waals surface area contributed by atoms with Gasteiger partial charge in [0.05, 0.1) is 19.8 Å². The van der Waals surface area contributed by atoms with Crippen LogP contribution in [0.15, 0.2) is 42.7 Å². The molecular weight excluding hydrogens is 422 g/mol. The largest absolute Gasteiger partial charge is 0.490 e. The van der Waals surface area contributed by atoms with Crippen molar-refractivity contribution in [1.82, 2.24) is 14.8 Å². The van der Waals surface area contributed by atoms with E-state index in [1.165, 1.54) is 0 Å². The Morgan fingerprint density at radius 1 is 1.03 bits per heavy atom. The number of hydrogen-bond donors (Lipinski definition) is 0. The molecule has 0 aliphatic carbocycles. The number of pyridine rings is 1. The third-order valence-corrected chi connectivity index (χ3v) is 6.06. The summed E-state index contributed by atoms with van der Waals surface area (Å²) >= 11 is 0. The summed E-state index contributed by atoms with van der Waals surface area (Å²) in [5.74, 6) is 1.26. The zero-order chi connectivity index (χ0) is 23.0. The van der Waals surface area contributed by atoms with E-state index in [-0.39, 0.29) is 17.7 Å². The Balaban J connectivity index is 1.36. The highest BCUT2D eigenvalue weighted by Crippen LogP contribution is 2.30. The van der Waals surface area contributed by atoms with Crippen molar-refractivity contribution in [2.24, 2.45) is 5.92 Å². The number of aromatic nitrogens is 1. The molecule has 2 aromatic rings. The van der Waals surface area contributed by atoms with E-state index in [1.54, 1.807) is 30.6 Å². The van der Waals surface area contributed by atoms with Crippen molar-refractivity contribution in [2.45, 2.75) is 26.4 Å². The molecule has 4 rings (SSSR count). The molecule has 1 aromatic carbocycles. The van der Waals surface area contributed by atoms with Crippen molar-refractivity contribution in [3.63, 3.8) is 0 Å². The molecule has 8 heteroatoms. The molecule has 0 bridgehead atoms. The maximum absolute atomic E-state index is 13.1. The molecular formula is C25H31N3O5. The lowest BCUT2D eigenvalue weighted by molar-refractivity contribution is -0.141. The first kappa shape index (κ1) is 23.0. The Hall–Kier alpha value is -3.13. The highest BCUT2D eigenvalue weighted by molar-refractivity contribution is 5.95. The lowest BCUT2D eigenvalue weighted by atomic mass is 9.94. The highest BCUT2D eigenvalue weighted by Gasteiger charge is 2.31. The number of nitrogens with zero attached hydrogens (tertiary/aromatic N) is 3. The van der Waals surface area contributed by atoms with Crippen LogP contribution in [0, 0.1) is 5.92 Å². The second-order valence-corrected chi connectivity index (χ2v) is 8.25. The van der Waals surface area contributed by atoms with Crippen LogP contribution < -0.4 is 9.47 Å². The van der Waals surface area contributed by atoms with E-state index in [4.69, 9.17) is 14.2 Å². The van der Waals surface area contributed by atoms with E-state index < -0.39 is 0 Å². The third kappa shape index (κ3) is 5.82. The molecule has 2 amide bonds. The second kappa shape index (κ2) is 11.1. The van der Waals surface area contributed by atoms with Gasteiger partial charge in [-0.05, 0) is 44.0 Å². The van der Waals surface area contributed by atoms with Crippen molar-refractivity contribution in [1.29, 1.82) is 0 Å². The van der Waals surface area contributed by atoms with Crippen LogP contribution in [-0.2, 0) is 16.1 Å². The van der Waals surface area contributed by atoms with Gasteiger partial charge in [0.2, 0.25) is 5.91 Å². The zero-order valence-corrected chi connectivity index (χ0v) is 19.1. The normalized spacial score (nSPS) is 17.0. The number of rotatable bonds is 7. The van der Waals surface area contributed by atoms with Crippen molar-refractivity contribution >= 4 is 11.8 Å². The molecule has 1 aromatic heterocycles. The topological polar surface area (TPSA) is 81.2 Å². The first-order chi connectivity index (χ1) is 16.2. The number of hydrogen-bond acceptors (Lipinski definition) is 6. The summed E-state index contributed by atoms with van der Waals surface area (Å²) in [6.45, 7) is 6.41. The van der Waals surface area contributed by atoms with Gasteiger partial charge in [-0.15, -0.1) is 0 Å². The molecule has 0 N–H and O–H groups in total. The van der Waals surface area contributed by atoms with Gasteiger partial charge in [-0.1, -0.05) is 6.07 Å². The van der Waals surface area contributed by atoms with Crippen LogP contribution in [0.1, 0.15) is 35.7 Å². The average Bonchev–Trinajstić information content (AvgIpc) is 2.88. The number of morpholine rings is 1. The van der Waals surface area contributed by atoms with Crippen LogP contribution in [0.4, 0.5) is 0 Å². The van der Waals surface area contributed by atoms with Crippen LogP contribution in [-0.4, -0.2) is 72.6 Å². The molecule has 2 aliphatic rings. The summed E-state index contributed by atoms with van der Waals surface area (Å²) in [7, 11) is 0. The molecule has 176 valence electrons. The van der Waals surface area contributed by atoms with Gasteiger partial charge in [-0.25, -0.2) is 0 Å². The Kier molecular flexibility index (Phi) is 7.78. The Bertz CT molecular complexity index is 938. The van der Waals surface area contributed by atoms with Crippen molar-refractivity contribution in [3.8, 4) is 11.5 Å². The van der Waals surface area contributed by atoms with Crippen LogP contribution in [0.5, 0.6) is 11.5 Å². The van der Waals surface area contributed by atoms with Gasteiger partial charge < -0.3 is 24.0 Å². The van der Waals surface area contributed by atoms with E-state index in [2.05, 4.69) is 4.98 Å². The molecule has 0 spiro atoms. The van der Waals surface area contributed by atoms with Gasteiger partial charge in [0.15, 0.2) is 11.5 Å². The highest BCUT2D eigenvalue weighted by atomic mass is 16.5. The number of carbonyl (C=O) groups is 2. The monoisotopic (exact) mass is 453 g/mol. The number of ether oxygens (including phenoxy) is 3. The third-order valence-electron chi connectivity index (χ3n) is 6.06. The fourth-order valence-corrected chi connectivity index (χ4v) is 4.23. The summed E-state index contributed by atoms with van der Waals surface area (Å²) in [6.07, 6.45) is 4.85. The van der Waals surface area contributed by atoms with Gasteiger partial charge in [0, 0.05) is 55.6 Å². The molecule has 0 atom stereocenters. The molecule has 2 fully saturated rings. The van der Waals surface area contributed by atoms with E-state index in [1.807, 2.05) is 28.9 Å². The summed E-state index contributed by atoms with van der Waals surface area (Å²) in [4.78, 5) is 33.7. The number of piperidine rings is 1. The fourth-order valence-electron chi connectivity index (χ4n) is 4.23. The van der Waals surface area contributed by atoms with E-state index in [0.29, 0.717) is 82.5 Å². The maximum Gasteiger partial charge on any atom is 0.253 e. The summed E-state index contributed by atoms with van der Waals surface area (Å²) in [6, 6.07) is 9.10. The number of carbonyl (C=O) groups excluding carboxylic acids is 2. The van der Waals surface area contributed by atoms with Crippen LogP contribution >= 0.6 is 0 Å². The first-order valence-corrected chi connectivity index (χ1v) is 11.6. The predicted molar refractivity (Wildman–Crippen MR) is 122 cm³/mol. The minimum absolute atomic E-state index is 0.0191. The molecule has 0 saturated carbocycles. The molecule has 33 heavy (non-hydrogen) atoms. The van der Waals surface area contributed by atoms with Crippen molar-refractivity contribution < 1.29 is 23.8 Å². The van der Waals surface area contributed by atoms with Gasteiger partial charge >= 0.3 is 0 Å². The van der Waals surface area contributed by atoms with E-state index in [9.17, 15) is 9.59 Å². The van der Waals surface area contributed by atoms with Gasteiger partial charge in [-0.2, -0.15) is 0 Å². The van der Waals surface area contributed by atoms with Crippen LogP contribution in [0.3, 0.4) is 0 Å². The van der Waals surface area contributed by atoms with Crippen molar-refractivity contribution in [2.75, 3.05) is 46.0 Å². The SMILES string of the molecule is CCOc1cc(C(=O)N2CCC(C(=O)N3CCOCC3)CC2)ccc1OCc1cccnc1. The lowest BCUT2D eigenvalue weighted by Gasteiger charge is -2.35. The minimum atomic E-state index is -0.0490. The molecule has 2 aliphatic heterocycles. The van der Waals surface area contributed by atoms with Crippen LogP contribution in [0.2, 0.25) is 0 Å². The smallest absolute Gasteiger partial charge is 0.253 e. The standard InChI is InChI=1S/C25H31N3O5/c1-2-32-23-16-21(5-6-22(23)33-18-19-4-3-9-26-17-19)25(30)27-10-7-20(8-11-27)24(29)28-12-14-31-15-13-28/h3-6,9,16-17,20H,2,7-8,10-15,18H2,1H3. The summed E-state index contributed by atoms with van der Waals surface area (Å²) in [5.41, 5.74) is 1.51.